The summed E-state index contributed by atoms with van der Waals surface area (Å²) in [4.78, 5) is 30.0. The van der Waals surface area contributed by atoms with Crippen LogP contribution in [0.1, 0.15) is 59.7 Å². The van der Waals surface area contributed by atoms with Crippen LogP contribution in [0.15, 0.2) is 64.1 Å². The van der Waals surface area contributed by atoms with Crippen molar-refractivity contribution in [1.29, 1.82) is 0 Å². The van der Waals surface area contributed by atoms with Gasteiger partial charge in [-0.3, -0.25) is 9.67 Å². The molecule has 0 aliphatic carbocycles. The SMILES string of the molecule is CN=C(C=C(N)CSCc1nn2c(c1-c1c(Cl)ccc3c(CCCO)c(C(=O)OC)n(C)c13)CCC2)CSc1cc(O)c2cccc(C(C)(C)OC(N)=O)c2c1. The van der Waals surface area contributed by atoms with E-state index in [1.165, 1.54) is 18.9 Å². The molecule has 56 heavy (non-hydrogen) atoms. The molecular weight excluding hydrogens is 772 g/mol. The van der Waals surface area contributed by atoms with Crippen molar-refractivity contribution in [2.45, 2.75) is 62.3 Å². The Morgan fingerprint density at radius 2 is 1.89 bits per heavy atom. The number of carbonyl (C=O) groups excluding carboxylic acids is 2. The van der Waals surface area contributed by atoms with Crippen molar-refractivity contribution in [2.75, 3.05) is 32.3 Å². The summed E-state index contributed by atoms with van der Waals surface area (Å²) in [5, 5.41) is 28.4. The average molecular weight is 819 g/mol. The number of allylic oxidation sites excluding steroid dienone is 1. The second kappa shape index (κ2) is 17.2. The number of hydrogen-bond donors (Lipinski definition) is 4. The van der Waals surface area contributed by atoms with Gasteiger partial charge in [-0.15, -0.1) is 23.5 Å². The van der Waals surface area contributed by atoms with Gasteiger partial charge in [0.05, 0.1) is 23.3 Å². The Balaban J connectivity index is 1.22. The largest absolute Gasteiger partial charge is 0.507 e. The number of amides is 1. The molecule has 0 bridgehead atoms. The molecule has 6 N–H and O–H groups in total. The molecule has 5 aromatic rings. The Morgan fingerprint density at radius 1 is 1.11 bits per heavy atom. The number of thioether (sulfide) groups is 2. The average Bonchev–Trinajstić information content (AvgIpc) is 3.83. The fraction of sp³-hybridized carbons (Fsp3) is 0.366. The number of benzene rings is 3. The number of aliphatic hydroxyl groups excluding tert-OH is 1. The number of nitrogens with zero attached hydrogens (tertiary/aromatic N) is 4. The zero-order valence-corrected chi connectivity index (χ0v) is 34.5. The summed E-state index contributed by atoms with van der Waals surface area (Å²) < 4.78 is 14.5. The molecule has 2 aromatic heterocycles. The molecule has 3 aromatic carbocycles. The zero-order chi connectivity index (χ0) is 40.3. The molecule has 1 amide bonds. The number of aromatic hydroxyl groups is 1. The number of hydrogen-bond acceptors (Lipinski definition) is 11. The minimum Gasteiger partial charge on any atom is -0.507 e. The molecule has 0 fully saturated rings. The number of primary amides is 1. The van der Waals surface area contributed by atoms with Crippen LogP contribution in [0.4, 0.5) is 4.79 Å². The van der Waals surface area contributed by atoms with Crippen molar-refractivity contribution in [3.05, 3.63) is 87.5 Å². The Kier molecular flexibility index (Phi) is 12.6. The molecule has 0 saturated carbocycles. The van der Waals surface area contributed by atoms with Crippen molar-refractivity contribution >= 4 is 74.6 Å². The Bertz CT molecular complexity index is 2380. The van der Waals surface area contributed by atoms with Crippen molar-refractivity contribution in [3.8, 4) is 16.9 Å². The molecule has 15 heteroatoms. The van der Waals surface area contributed by atoms with Crippen molar-refractivity contribution in [3.63, 3.8) is 0 Å². The van der Waals surface area contributed by atoms with E-state index in [2.05, 4.69) is 9.67 Å². The molecule has 1 aliphatic heterocycles. The van der Waals surface area contributed by atoms with Gasteiger partial charge in [-0.05, 0) is 74.8 Å². The minimum atomic E-state index is -1.01. The summed E-state index contributed by atoms with van der Waals surface area (Å²) in [7, 11) is 4.95. The molecule has 6 rings (SSSR count). The smallest absolute Gasteiger partial charge is 0.405 e. The summed E-state index contributed by atoms with van der Waals surface area (Å²) in [5.41, 5.74) is 19.0. The van der Waals surface area contributed by atoms with E-state index in [0.29, 0.717) is 51.9 Å². The lowest BCUT2D eigenvalue weighted by Crippen LogP contribution is -2.29. The number of phenolic OH excluding ortho intramolecular Hbond substituents is 1. The standard InChI is InChI=1S/C41H47ClN6O6S2/c1-41(2,54-40(44)52)30-11-6-9-26-29(30)18-25(19-34(26)50)56-21-24(45-3)17-23(43)20-55-22-32-36(33-12-7-15-48(33)46-32)35-31(42)14-13-28-27(10-8-16-49)38(39(51)53-5)47(4)37(28)35/h6,9,11,13-14,17-19,49-50H,7-8,10,12,15-16,20-22,43H2,1-5H3,(H2,44,52). The molecule has 3 heterocycles. The third kappa shape index (κ3) is 8.24. The van der Waals surface area contributed by atoms with Gasteiger partial charge in [0.2, 0.25) is 0 Å². The van der Waals surface area contributed by atoms with E-state index in [1.54, 1.807) is 38.7 Å². The summed E-state index contributed by atoms with van der Waals surface area (Å²) in [6.45, 7) is 4.33. The maximum Gasteiger partial charge on any atom is 0.405 e. The number of aliphatic hydroxyl groups is 1. The first-order chi connectivity index (χ1) is 26.8. The first kappa shape index (κ1) is 41.0. The third-order valence-corrected chi connectivity index (χ3v) is 12.4. The van der Waals surface area contributed by atoms with E-state index >= 15 is 0 Å². The van der Waals surface area contributed by atoms with Crippen LogP contribution in [0.25, 0.3) is 32.8 Å². The number of ether oxygens (including phenoxy) is 2. The number of aryl methyl sites for hydroxylation is 3. The number of nitrogens with two attached hydrogens (primary N) is 2. The van der Waals surface area contributed by atoms with Crippen LogP contribution in [0, 0.1) is 0 Å². The number of fused-ring (bicyclic) bond motifs is 3. The number of rotatable bonds is 15. The van der Waals surface area contributed by atoms with Crippen LogP contribution in [0.5, 0.6) is 5.75 Å². The van der Waals surface area contributed by atoms with E-state index in [9.17, 15) is 19.8 Å². The van der Waals surface area contributed by atoms with E-state index < -0.39 is 17.7 Å². The van der Waals surface area contributed by atoms with Gasteiger partial charge >= 0.3 is 12.1 Å². The third-order valence-electron chi connectivity index (χ3n) is 10.0. The molecule has 12 nitrogen and oxygen atoms in total. The van der Waals surface area contributed by atoms with Gasteiger partial charge in [0.25, 0.3) is 0 Å². The fourth-order valence-electron chi connectivity index (χ4n) is 7.58. The molecule has 1 aliphatic rings. The van der Waals surface area contributed by atoms with Crippen LogP contribution in [-0.4, -0.2) is 74.6 Å². The Labute approximate surface area is 339 Å². The minimum absolute atomic E-state index is 0.00311. The predicted molar refractivity (Wildman–Crippen MR) is 226 cm³/mol. The van der Waals surface area contributed by atoms with Gasteiger partial charge in [-0.25, -0.2) is 9.59 Å². The number of halogens is 1. The fourth-order valence-corrected chi connectivity index (χ4v) is 9.57. The highest BCUT2D eigenvalue weighted by Crippen LogP contribution is 2.44. The lowest BCUT2D eigenvalue weighted by atomic mass is 9.92. The number of esters is 1. The van der Waals surface area contributed by atoms with Crippen molar-refractivity contribution in [1.82, 2.24) is 14.3 Å². The van der Waals surface area contributed by atoms with Crippen LogP contribution in [0.2, 0.25) is 5.02 Å². The van der Waals surface area contributed by atoms with E-state index in [-0.39, 0.29) is 12.4 Å². The molecule has 0 atom stereocenters. The van der Waals surface area contributed by atoms with Crippen LogP contribution in [0.3, 0.4) is 0 Å². The van der Waals surface area contributed by atoms with E-state index in [0.717, 1.165) is 79.9 Å². The van der Waals surface area contributed by atoms with Crippen LogP contribution >= 0.6 is 35.1 Å². The summed E-state index contributed by atoms with van der Waals surface area (Å²) >= 11 is 10.2. The first-order valence-electron chi connectivity index (χ1n) is 18.2. The van der Waals surface area contributed by atoms with E-state index in [4.69, 9.17) is 37.6 Å². The number of aliphatic imine (C=N–C) groups is 1. The molecular formula is C41H47ClN6O6S2. The first-order valence-corrected chi connectivity index (χ1v) is 20.8. The van der Waals surface area contributed by atoms with Gasteiger partial charge in [-0.2, -0.15) is 5.10 Å². The van der Waals surface area contributed by atoms with Gasteiger partial charge in [0.1, 0.15) is 17.0 Å². The normalized spacial score (nSPS) is 13.5. The molecule has 0 radical (unpaired) electrons. The second-order valence-electron chi connectivity index (χ2n) is 14.1. The number of methoxy groups -OCH3 is 1. The van der Waals surface area contributed by atoms with Crippen molar-refractivity contribution in [2.24, 2.45) is 23.5 Å². The summed E-state index contributed by atoms with van der Waals surface area (Å²) in [6, 6.07) is 13.0. The Morgan fingerprint density at radius 3 is 2.61 bits per heavy atom. The number of aromatic nitrogens is 3. The van der Waals surface area contributed by atoms with Gasteiger partial charge in [-0.1, -0.05) is 35.9 Å². The summed E-state index contributed by atoms with van der Waals surface area (Å²) in [5.74, 6) is 1.28. The lowest BCUT2D eigenvalue weighted by molar-refractivity contribution is 0.0443. The maximum absolute atomic E-state index is 13.1. The molecule has 296 valence electrons. The van der Waals surface area contributed by atoms with Gasteiger partial charge in [0, 0.05) is 94.0 Å². The second-order valence-corrected chi connectivity index (χ2v) is 16.6. The van der Waals surface area contributed by atoms with Crippen LogP contribution in [-0.2, 0) is 47.3 Å². The van der Waals surface area contributed by atoms with Gasteiger partial charge in [0.15, 0.2) is 0 Å². The molecule has 0 spiro atoms. The topological polar surface area (TPSA) is 180 Å². The number of carbonyl (C=O) groups is 2. The zero-order valence-electron chi connectivity index (χ0n) is 32.1. The summed E-state index contributed by atoms with van der Waals surface area (Å²) in [6.07, 6.45) is 3.86. The van der Waals surface area contributed by atoms with E-state index in [1.807, 2.05) is 54.1 Å². The Hall–Kier alpha value is -4.63. The molecule has 0 unspecified atom stereocenters. The highest BCUT2D eigenvalue weighted by molar-refractivity contribution is 8.00. The predicted octanol–water partition coefficient (Wildman–Crippen LogP) is 7.48. The molecule has 0 saturated heterocycles. The number of phenols is 1. The van der Waals surface area contributed by atoms with Crippen LogP contribution < -0.4 is 11.5 Å². The van der Waals surface area contributed by atoms with Gasteiger partial charge < -0.3 is 35.7 Å². The highest BCUT2D eigenvalue weighted by atomic mass is 35.5. The monoisotopic (exact) mass is 818 g/mol. The lowest BCUT2D eigenvalue weighted by Gasteiger charge is -2.26. The maximum atomic E-state index is 13.1. The van der Waals surface area contributed by atoms with Crippen molar-refractivity contribution < 1.29 is 29.3 Å². The quantitative estimate of drug-likeness (QED) is 0.0470. The highest BCUT2D eigenvalue weighted by Gasteiger charge is 2.30.